The van der Waals surface area contributed by atoms with E-state index in [0.717, 1.165) is 25.3 Å². The Hall–Kier alpha value is -1.53. The highest BCUT2D eigenvalue weighted by Crippen LogP contribution is 2.13. The molecule has 0 aliphatic rings. The fourth-order valence-corrected chi connectivity index (χ4v) is 1.37. The first kappa shape index (κ1) is 11.5. The minimum atomic E-state index is 0.711. The first-order chi connectivity index (χ1) is 7.27. The summed E-state index contributed by atoms with van der Waals surface area (Å²) >= 11 is 0. The first-order valence-electron chi connectivity index (χ1n) is 5.20. The zero-order chi connectivity index (χ0) is 11.1. The van der Waals surface area contributed by atoms with E-state index >= 15 is 0 Å². The van der Waals surface area contributed by atoms with E-state index in [2.05, 4.69) is 23.2 Å². The zero-order valence-corrected chi connectivity index (χ0v) is 9.33. The SMILES string of the molecule is CCNCCN(C)c1cccc(C#N)c1. The second kappa shape index (κ2) is 6.05. The lowest BCUT2D eigenvalue weighted by Gasteiger charge is -2.19. The van der Waals surface area contributed by atoms with E-state index in [0.29, 0.717) is 5.56 Å². The molecule has 1 N–H and O–H groups in total. The number of nitrogens with zero attached hydrogens (tertiary/aromatic N) is 2. The molecule has 0 aromatic heterocycles. The summed E-state index contributed by atoms with van der Waals surface area (Å²) in [6, 6.07) is 9.81. The van der Waals surface area contributed by atoms with Gasteiger partial charge in [-0.15, -0.1) is 0 Å². The van der Waals surface area contributed by atoms with Crippen molar-refractivity contribution in [3.8, 4) is 6.07 Å². The molecular formula is C12H17N3. The molecule has 3 heteroatoms. The average molecular weight is 203 g/mol. The molecule has 1 aromatic rings. The third kappa shape index (κ3) is 3.61. The molecule has 0 bridgehead atoms. The topological polar surface area (TPSA) is 39.1 Å². The summed E-state index contributed by atoms with van der Waals surface area (Å²) in [7, 11) is 2.04. The maximum Gasteiger partial charge on any atom is 0.0992 e. The molecule has 3 nitrogen and oxygen atoms in total. The Balaban J connectivity index is 2.57. The fourth-order valence-electron chi connectivity index (χ4n) is 1.37. The van der Waals surface area contributed by atoms with Crippen LogP contribution in [0.4, 0.5) is 5.69 Å². The van der Waals surface area contributed by atoms with E-state index in [9.17, 15) is 0 Å². The van der Waals surface area contributed by atoms with Crippen LogP contribution in [0, 0.1) is 11.3 Å². The Morgan fingerprint density at radius 1 is 1.47 bits per heavy atom. The molecule has 0 aliphatic heterocycles. The Bertz CT molecular complexity index is 341. The van der Waals surface area contributed by atoms with E-state index in [1.807, 2.05) is 31.3 Å². The molecule has 0 unspecified atom stereocenters. The van der Waals surface area contributed by atoms with Crippen LogP contribution in [-0.4, -0.2) is 26.7 Å². The van der Waals surface area contributed by atoms with Crippen LogP contribution in [0.1, 0.15) is 12.5 Å². The van der Waals surface area contributed by atoms with Crippen molar-refractivity contribution in [1.29, 1.82) is 5.26 Å². The molecule has 0 fully saturated rings. The highest BCUT2D eigenvalue weighted by molar-refractivity contribution is 5.50. The summed E-state index contributed by atoms with van der Waals surface area (Å²) in [5, 5.41) is 12.0. The van der Waals surface area contributed by atoms with Crippen molar-refractivity contribution in [2.45, 2.75) is 6.92 Å². The van der Waals surface area contributed by atoms with Crippen molar-refractivity contribution in [2.75, 3.05) is 31.6 Å². The molecule has 0 heterocycles. The summed E-state index contributed by atoms with van der Waals surface area (Å²) in [5.41, 5.74) is 1.80. The monoisotopic (exact) mass is 203 g/mol. The minimum absolute atomic E-state index is 0.711. The molecule has 0 saturated heterocycles. The molecular weight excluding hydrogens is 186 g/mol. The maximum atomic E-state index is 8.78. The van der Waals surface area contributed by atoms with Gasteiger partial charge < -0.3 is 10.2 Å². The number of hydrogen-bond donors (Lipinski definition) is 1. The summed E-state index contributed by atoms with van der Waals surface area (Å²) in [6.07, 6.45) is 0. The predicted octanol–water partition coefficient (Wildman–Crippen LogP) is 1.60. The molecule has 0 spiro atoms. The molecule has 1 aromatic carbocycles. The van der Waals surface area contributed by atoms with Crippen molar-refractivity contribution in [1.82, 2.24) is 5.32 Å². The number of anilines is 1. The maximum absolute atomic E-state index is 8.78. The quantitative estimate of drug-likeness (QED) is 0.739. The van der Waals surface area contributed by atoms with Gasteiger partial charge in [-0.05, 0) is 24.7 Å². The van der Waals surface area contributed by atoms with Gasteiger partial charge in [0, 0.05) is 25.8 Å². The van der Waals surface area contributed by atoms with E-state index in [1.54, 1.807) is 0 Å². The van der Waals surface area contributed by atoms with Crippen LogP contribution in [0.3, 0.4) is 0 Å². The molecule has 15 heavy (non-hydrogen) atoms. The Morgan fingerprint density at radius 2 is 2.27 bits per heavy atom. The lowest BCUT2D eigenvalue weighted by Crippen LogP contribution is -2.28. The average Bonchev–Trinajstić information content (AvgIpc) is 2.29. The first-order valence-corrected chi connectivity index (χ1v) is 5.20. The molecule has 0 radical (unpaired) electrons. The molecule has 1 rings (SSSR count). The predicted molar refractivity (Wildman–Crippen MR) is 63.0 cm³/mol. The van der Waals surface area contributed by atoms with Crippen LogP contribution in [-0.2, 0) is 0 Å². The van der Waals surface area contributed by atoms with Crippen molar-refractivity contribution in [3.63, 3.8) is 0 Å². The second-order valence-electron chi connectivity index (χ2n) is 3.44. The normalized spacial score (nSPS) is 9.67. The van der Waals surface area contributed by atoms with Gasteiger partial charge in [-0.1, -0.05) is 13.0 Å². The lowest BCUT2D eigenvalue weighted by atomic mass is 10.2. The highest BCUT2D eigenvalue weighted by atomic mass is 15.1. The zero-order valence-electron chi connectivity index (χ0n) is 9.33. The third-order valence-electron chi connectivity index (χ3n) is 2.29. The minimum Gasteiger partial charge on any atom is -0.373 e. The summed E-state index contributed by atoms with van der Waals surface area (Å²) in [6.45, 7) is 4.99. The van der Waals surface area contributed by atoms with Gasteiger partial charge in [0.15, 0.2) is 0 Å². The Morgan fingerprint density at radius 3 is 2.93 bits per heavy atom. The van der Waals surface area contributed by atoms with Crippen LogP contribution >= 0.6 is 0 Å². The van der Waals surface area contributed by atoms with Gasteiger partial charge in [0.2, 0.25) is 0 Å². The highest BCUT2D eigenvalue weighted by Gasteiger charge is 2.00. The van der Waals surface area contributed by atoms with Gasteiger partial charge in [-0.3, -0.25) is 0 Å². The van der Waals surface area contributed by atoms with Crippen molar-refractivity contribution < 1.29 is 0 Å². The number of hydrogen-bond acceptors (Lipinski definition) is 3. The van der Waals surface area contributed by atoms with Crippen LogP contribution in [0.5, 0.6) is 0 Å². The second-order valence-corrected chi connectivity index (χ2v) is 3.44. The van der Waals surface area contributed by atoms with Crippen molar-refractivity contribution in [2.24, 2.45) is 0 Å². The van der Waals surface area contributed by atoms with Crippen LogP contribution in [0.15, 0.2) is 24.3 Å². The van der Waals surface area contributed by atoms with Crippen LogP contribution in [0.25, 0.3) is 0 Å². The Labute approximate surface area is 91.3 Å². The fraction of sp³-hybridized carbons (Fsp3) is 0.417. The number of rotatable bonds is 5. The number of benzene rings is 1. The van der Waals surface area contributed by atoms with E-state index in [-0.39, 0.29) is 0 Å². The molecule has 0 amide bonds. The molecule has 0 saturated carbocycles. The van der Waals surface area contributed by atoms with E-state index < -0.39 is 0 Å². The number of nitrogens with one attached hydrogen (secondary N) is 1. The Kier molecular flexibility index (Phi) is 4.65. The van der Waals surface area contributed by atoms with Gasteiger partial charge in [0.1, 0.15) is 0 Å². The molecule has 80 valence electrons. The number of nitriles is 1. The van der Waals surface area contributed by atoms with Gasteiger partial charge in [-0.25, -0.2) is 0 Å². The van der Waals surface area contributed by atoms with Gasteiger partial charge in [0.05, 0.1) is 11.6 Å². The number of likely N-dealkylation sites (N-methyl/N-ethyl adjacent to an activating group) is 2. The van der Waals surface area contributed by atoms with Gasteiger partial charge in [0.25, 0.3) is 0 Å². The van der Waals surface area contributed by atoms with Crippen molar-refractivity contribution in [3.05, 3.63) is 29.8 Å². The summed E-state index contributed by atoms with van der Waals surface area (Å²) in [4.78, 5) is 2.14. The van der Waals surface area contributed by atoms with Gasteiger partial charge in [-0.2, -0.15) is 5.26 Å². The van der Waals surface area contributed by atoms with Crippen LogP contribution in [0.2, 0.25) is 0 Å². The van der Waals surface area contributed by atoms with E-state index in [4.69, 9.17) is 5.26 Å². The summed E-state index contributed by atoms with van der Waals surface area (Å²) < 4.78 is 0. The summed E-state index contributed by atoms with van der Waals surface area (Å²) in [5.74, 6) is 0. The lowest BCUT2D eigenvalue weighted by molar-refractivity contribution is 0.706. The van der Waals surface area contributed by atoms with E-state index in [1.165, 1.54) is 0 Å². The van der Waals surface area contributed by atoms with Gasteiger partial charge >= 0.3 is 0 Å². The molecule has 0 aliphatic carbocycles. The standard InChI is InChI=1S/C12H17N3/c1-3-14-7-8-15(2)12-6-4-5-11(9-12)10-13/h4-6,9,14H,3,7-8H2,1-2H3. The largest absolute Gasteiger partial charge is 0.373 e. The molecule has 0 atom stereocenters. The van der Waals surface area contributed by atoms with Crippen molar-refractivity contribution >= 4 is 5.69 Å². The van der Waals surface area contributed by atoms with Crippen LogP contribution < -0.4 is 10.2 Å². The smallest absolute Gasteiger partial charge is 0.0992 e. The third-order valence-corrected chi connectivity index (χ3v) is 2.29.